The summed E-state index contributed by atoms with van der Waals surface area (Å²) in [6.45, 7) is 3.70. The van der Waals surface area contributed by atoms with Crippen molar-refractivity contribution < 1.29 is 14.2 Å². The number of hydrogen-bond acceptors (Lipinski definition) is 8. The van der Waals surface area contributed by atoms with E-state index in [9.17, 15) is 0 Å². The second kappa shape index (κ2) is 8.44. The van der Waals surface area contributed by atoms with Crippen molar-refractivity contribution in [2.45, 2.75) is 13.0 Å². The highest BCUT2D eigenvalue weighted by atomic mass is 16.5. The Morgan fingerprint density at radius 1 is 1.05 bits per heavy atom. The third-order valence-corrected chi connectivity index (χ3v) is 2.31. The molecule has 1 aromatic rings. The number of ether oxygens (including phenoxy) is 3. The van der Waals surface area contributed by atoms with Crippen LogP contribution in [0, 0.1) is 0 Å². The molecule has 1 aromatic heterocycles. The van der Waals surface area contributed by atoms with Crippen molar-refractivity contribution >= 4 is 11.9 Å². The second-order valence-electron chi connectivity index (χ2n) is 3.69. The van der Waals surface area contributed by atoms with Crippen LogP contribution >= 0.6 is 0 Å². The van der Waals surface area contributed by atoms with E-state index in [0.29, 0.717) is 25.0 Å². The number of rotatable bonds is 9. The lowest BCUT2D eigenvalue weighted by atomic mass is 10.4. The maximum absolute atomic E-state index is 5.24. The molecule has 8 nitrogen and oxygen atoms in total. The van der Waals surface area contributed by atoms with Crippen molar-refractivity contribution in [1.82, 2.24) is 15.0 Å². The van der Waals surface area contributed by atoms with Gasteiger partial charge >= 0.3 is 6.01 Å². The van der Waals surface area contributed by atoms with Gasteiger partial charge in [-0.2, -0.15) is 15.0 Å². The topological polar surface area (TPSA) is 90.4 Å². The molecule has 0 fully saturated rings. The molecule has 0 aromatic carbocycles. The molecule has 0 radical (unpaired) electrons. The molecule has 8 heteroatoms. The Hall–Kier alpha value is -1.67. The van der Waals surface area contributed by atoms with E-state index >= 15 is 0 Å². The predicted octanol–water partition coefficient (Wildman–Crippen LogP) is 0.385. The number of aromatic nitrogens is 3. The molecular weight excluding hydrogens is 250 g/mol. The van der Waals surface area contributed by atoms with Gasteiger partial charge in [-0.15, -0.1) is 0 Å². The normalized spacial score (nSPS) is 12.0. The Balaban J connectivity index is 2.67. The summed E-state index contributed by atoms with van der Waals surface area (Å²) in [5.41, 5.74) is 0. The number of hydrogen-bond donors (Lipinski definition) is 2. The van der Waals surface area contributed by atoms with E-state index in [4.69, 9.17) is 14.2 Å². The molecule has 0 aliphatic rings. The van der Waals surface area contributed by atoms with Gasteiger partial charge in [0.2, 0.25) is 11.9 Å². The number of methoxy groups -OCH3 is 3. The van der Waals surface area contributed by atoms with Crippen molar-refractivity contribution in [3.63, 3.8) is 0 Å². The third-order valence-electron chi connectivity index (χ3n) is 2.31. The van der Waals surface area contributed by atoms with Crippen LogP contribution in [0.4, 0.5) is 11.9 Å². The van der Waals surface area contributed by atoms with Crippen LogP contribution in [0.3, 0.4) is 0 Å². The Morgan fingerprint density at radius 3 is 2.26 bits per heavy atom. The van der Waals surface area contributed by atoms with Gasteiger partial charge in [0.15, 0.2) is 0 Å². The smallest absolute Gasteiger partial charge is 0.322 e. The molecule has 1 rings (SSSR count). The average molecular weight is 271 g/mol. The minimum Gasteiger partial charge on any atom is -0.467 e. The van der Waals surface area contributed by atoms with Gasteiger partial charge in [0.25, 0.3) is 0 Å². The quantitative estimate of drug-likeness (QED) is 0.666. The summed E-state index contributed by atoms with van der Waals surface area (Å²) in [5, 5.41) is 6.08. The van der Waals surface area contributed by atoms with Crippen LogP contribution in [-0.2, 0) is 9.47 Å². The highest BCUT2D eigenvalue weighted by Gasteiger charge is 2.10. The highest BCUT2D eigenvalue weighted by Crippen LogP contribution is 2.10. The van der Waals surface area contributed by atoms with E-state index in [-0.39, 0.29) is 12.1 Å². The van der Waals surface area contributed by atoms with Crippen LogP contribution in [0.25, 0.3) is 0 Å². The van der Waals surface area contributed by atoms with Crippen molar-refractivity contribution in [3.05, 3.63) is 0 Å². The summed E-state index contributed by atoms with van der Waals surface area (Å²) < 4.78 is 15.3. The van der Waals surface area contributed by atoms with Crippen LogP contribution < -0.4 is 15.4 Å². The van der Waals surface area contributed by atoms with Gasteiger partial charge in [0.05, 0.1) is 19.8 Å². The lowest BCUT2D eigenvalue weighted by Gasteiger charge is -2.15. The number of nitrogens with one attached hydrogen (secondary N) is 2. The molecule has 19 heavy (non-hydrogen) atoms. The molecule has 1 atom stereocenters. The lowest BCUT2D eigenvalue weighted by molar-refractivity contribution is 0.0364. The zero-order chi connectivity index (χ0) is 14.1. The summed E-state index contributed by atoms with van der Waals surface area (Å²) in [5.74, 6) is 0.901. The summed E-state index contributed by atoms with van der Waals surface area (Å²) in [6, 6.07) is 0.258. The van der Waals surface area contributed by atoms with Crippen molar-refractivity contribution in [3.8, 4) is 6.01 Å². The summed E-state index contributed by atoms with van der Waals surface area (Å²) >= 11 is 0. The minimum atomic E-state index is -0.0738. The van der Waals surface area contributed by atoms with Crippen molar-refractivity contribution in [2.24, 2.45) is 0 Å². The van der Waals surface area contributed by atoms with Gasteiger partial charge in [0.1, 0.15) is 0 Å². The van der Waals surface area contributed by atoms with Crippen molar-refractivity contribution in [2.75, 3.05) is 51.7 Å². The Labute approximate surface area is 112 Å². The fourth-order valence-electron chi connectivity index (χ4n) is 1.37. The van der Waals surface area contributed by atoms with Gasteiger partial charge in [-0.25, -0.2) is 0 Å². The third kappa shape index (κ3) is 5.23. The van der Waals surface area contributed by atoms with Gasteiger partial charge < -0.3 is 24.8 Å². The number of nitrogens with zero attached hydrogens (tertiary/aromatic N) is 3. The first-order valence-corrected chi connectivity index (χ1v) is 6.03. The Morgan fingerprint density at radius 2 is 1.74 bits per heavy atom. The first-order valence-electron chi connectivity index (χ1n) is 6.03. The lowest BCUT2D eigenvalue weighted by Crippen LogP contribution is -2.27. The molecule has 1 unspecified atom stereocenters. The molecule has 0 aliphatic heterocycles. The van der Waals surface area contributed by atoms with Crippen LogP contribution in [0.2, 0.25) is 0 Å². The van der Waals surface area contributed by atoms with Crippen LogP contribution in [-0.4, -0.2) is 62.1 Å². The highest BCUT2D eigenvalue weighted by molar-refractivity contribution is 5.35. The van der Waals surface area contributed by atoms with E-state index in [0.717, 1.165) is 6.54 Å². The maximum Gasteiger partial charge on any atom is 0.322 e. The van der Waals surface area contributed by atoms with E-state index in [1.807, 2.05) is 6.92 Å². The molecule has 0 aliphatic carbocycles. The monoisotopic (exact) mass is 271 g/mol. The average Bonchev–Trinajstić information content (AvgIpc) is 2.43. The molecule has 1 heterocycles. The fourth-order valence-corrected chi connectivity index (χ4v) is 1.37. The first kappa shape index (κ1) is 15.4. The van der Waals surface area contributed by atoms with Gasteiger partial charge in [-0.3, -0.25) is 0 Å². The van der Waals surface area contributed by atoms with Crippen LogP contribution in [0.5, 0.6) is 6.01 Å². The SMILES string of the molecule is CCNc1nc(NCC(COC)OC)nc(OC)n1. The fraction of sp³-hybridized carbons (Fsp3) is 0.727. The van der Waals surface area contributed by atoms with E-state index in [1.165, 1.54) is 7.11 Å². The Kier molecular flexibility index (Phi) is 6.83. The first-order chi connectivity index (χ1) is 9.23. The summed E-state index contributed by atoms with van der Waals surface area (Å²) in [6.07, 6.45) is -0.0738. The molecule has 0 saturated heterocycles. The van der Waals surface area contributed by atoms with Gasteiger partial charge in [0, 0.05) is 27.3 Å². The minimum absolute atomic E-state index is 0.0738. The number of anilines is 2. The standard InChI is InChI=1S/C11H21N5O3/c1-5-12-9-14-10(16-11(15-9)19-4)13-6-8(18-3)7-17-2/h8H,5-7H2,1-4H3,(H2,12,13,14,15,16). The van der Waals surface area contributed by atoms with Gasteiger partial charge in [-0.05, 0) is 6.92 Å². The largest absolute Gasteiger partial charge is 0.467 e. The molecule has 0 bridgehead atoms. The van der Waals surface area contributed by atoms with E-state index < -0.39 is 0 Å². The van der Waals surface area contributed by atoms with E-state index in [1.54, 1.807) is 14.2 Å². The second-order valence-corrected chi connectivity index (χ2v) is 3.69. The summed E-state index contributed by atoms with van der Waals surface area (Å²) in [4.78, 5) is 12.4. The maximum atomic E-state index is 5.24. The van der Waals surface area contributed by atoms with Crippen LogP contribution in [0.15, 0.2) is 0 Å². The molecule has 0 saturated carbocycles. The zero-order valence-electron chi connectivity index (χ0n) is 11.8. The molecule has 108 valence electrons. The van der Waals surface area contributed by atoms with Crippen LogP contribution in [0.1, 0.15) is 6.92 Å². The predicted molar refractivity (Wildman–Crippen MR) is 71.7 cm³/mol. The van der Waals surface area contributed by atoms with E-state index in [2.05, 4.69) is 25.6 Å². The zero-order valence-corrected chi connectivity index (χ0v) is 11.8. The molecular formula is C11H21N5O3. The molecule has 2 N–H and O–H groups in total. The summed E-state index contributed by atoms with van der Waals surface area (Å²) in [7, 11) is 4.77. The van der Waals surface area contributed by atoms with Gasteiger partial charge in [-0.1, -0.05) is 0 Å². The molecule has 0 spiro atoms. The van der Waals surface area contributed by atoms with Crippen molar-refractivity contribution in [1.29, 1.82) is 0 Å². The molecule has 0 amide bonds. The Bertz CT molecular complexity index is 377.